The number of anilines is 1. The summed E-state index contributed by atoms with van der Waals surface area (Å²) in [6.07, 6.45) is 1.79. The van der Waals surface area contributed by atoms with E-state index in [0.29, 0.717) is 5.88 Å². The molecule has 4 heteroatoms. The van der Waals surface area contributed by atoms with Gasteiger partial charge in [-0.05, 0) is 19.1 Å². The van der Waals surface area contributed by atoms with Crippen LogP contribution in [0.15, 0.2) is 18.3 Å². The smallest absolute Gasteiger partial charge is 0.0648 e. The lowest BCUT2D eigenvalue weighted by atomic mass is 10.3. The summed E-state index contributed by atoms with van der Waals surface area (Å²) in [5.41, 5.74) is 2.06. The highest BCUT2D eigenvalue weighted by molar-refractivity contribution is 6.16. The number of aromatic nitrogens is 1. The summed E-state index contributed by atoms with van der Waals surface area (Å²) >= 11 is 5.75. The number of ether oxygens (including phenoxy) is 1. The highest BCUT2D eigenvalue weighted by atomic mass is 35.5. The van der Waals surface area contributed by atoms with E-state index in [0.717, 1.165) is 31.1 Å². The van der Waals surface area contributed by atoms with Crippen LogP contribution in [0.1, 0.15) is 12.6 Å². The van der Waals surface area contributed by atoms with Crippen LogP contribution >= 0.6 is 11.6 Å². The Kier molecular flexibility index (Phi) is 5.43. The highest BCUT2D eigenvalue weighted by Crippen LogP contribution is 2.15. The summed E-state index contributed by atoms with van der Waals surface area (Å²) in [6, 6.07) is 4.02. The Labute approximate surface area is 96.0 Å². The van der Waals surface area contributed by atoms with Crippen LogP contribution in [-0.4, -0.2) is 31.8 Å². The van der Waals surface area contributed by atoms with Crippen LogP contribution in [0.4, 0.5) is 5.69 Å². The van der Waals surface area contributed by atoms with Gasteiger partial charge in [-0.15, -0.1) is 11.6 Å². The number of halogens is 1. The molecule has 1 aromatic rings. The van der Waals surface area contributed by atoms with E-state index < -0.39 is 0 Å². The summed E-state index contributed by atoms with van der Waals surface area (Å²) in [6.45, 7) is 4.69. The molecule has 0 spiro atoms. The van der Waals surface area contributed by atoms with Crippen LogP contribution in [0.2, 0.25) is 0 Å². The standard InChI is InChI=1S/C11H17ClN2O/c1-3-14(6-7-15-2)11-4-5-13-10(8-11)9-12/h4-5,8H,3,6-7,9H2,1-2H3. The van der Waals surface area contributed by atoms with Gasteiger partial charge in [0.1, 0.15) is 0 Å². The summed E-state index contributed by atoms with van der Waals surface area (Å²) in [4.78, 5) is 6.40. The fourth-order valence-corrected chi connectivity index (χ4v) is 1.55. The van der Waals surface area contributed by atoms with Gasteiger partial charge < -0.3 is 9.64 Å². The van der Waals surface area contributed by atoms with Gasteiger partial charge in [0.25, 0.3) is 0 Å². The molecule has 0 N–H and O–H groups in total. The third kappa shape index (κ3) is 3.68. The molecule has 0 radical (unpaired) electrons. The molecule has 0 fully saturated rings. The zero-order valence-corrected chi connectivity index (χ0v) is 10.00. The first kappa shape index (κ1) is 12.3. The van der Waals surface area contributed by atoms with E-state index in [1.165, 1.54) is 0 Å². The molecule has 0 aliphatic carbocycles. The zero-order chi connectivity index (χ0) is 11.1. The van der Waals surface area contributed by atoms with E-state index in [-0.39, 0.29) is 0 Å². The average molecular weight is 229 g/mol. The van der Waals surface area contributed by atoms with Crippen molar-refractivity contribution in [2.75, 3.05) is 31.7 Å². The summed E-state index contributed by atoms with van der Waals surface area (Å²) in [7, 11) is 1.71. The van der Waals surface area contributed by atoms with Crippen molar-refractivity contribution in [1.82, 2.24) is 4.98 Å². The van der Waals surface area contributed by atoms with E-state index in [1.807, 2.05) is 12.1 Å². The van der Waals surface area contributed by atoms with Gasteiger partial charge in [-0.1, -0.05) is 0 Å². The van der Waals surface area contributed by atoms with Crippen LogP contribution < -0.4 is 4.90 Å². The summed E-state index contributed by atoms with van der Waals surface area (Å²) in [5, 5.41) is 0. The molecule has 0 saturated heterocycles. The van der Waals surface area contributed by atoms with Crippen LogP contribution in [0.5, 0.6) is 0 Å². The van der Waals surface area contributed by atoms with Crippen molar-refractivity contribution in [3.8, 4) is 0 Å². The Bertz CT molecular complexity index is 294. The van der Waals surface area contributed by atoms with Gasteiger partial charge >= 0.3 is 0 Å². The molecule has 84 valence electrons. The maximum absolute atomic E-state index is 5.75. The molecule has 3 nitrogen and oxygen atoms in total. The van der Waals surface area contributed by atoms with Crippen molar-refractivity contribution in [3.63, 3.8) is 0 Å². The minimum Gasteiger partial charge on any atom is -0.383 e. The van der Waals surface area contributed by atoms with Gasteiger partial charge in [0.2, 0.25) is 0 Å². The van der Waals surface area contributed by atoms with Gasteiger partial charge in [0.05, 0.1) is 18.2 Å². The first-order valence-electron chi connectivity index (χ1n) is 5.06. The predicted octanol–water partition coefficient (Wildman–Crippen LogP) is 2.29. The fraction of sp³-hybridized carbons (Fsp3) is 0.545. The summed E-state index contributed by atoms with van der Waals surface area (Å²) in [5.74, 6) is 0.454. The molecule has 0 amide bonds. The minimum absolute atomic E-state index is 0.454. The van der Waals surface area contributed by atoms with Gasteiger partial charge in [-0.3, -0.25) is 4.98 Å². The van der Waals surface area contributed by atoms with E-state index in [9.17, 15) is 0 Å². The zero-order valence-electron chi connectivity index (χ0n) is 9.24. The largest absolute Gasteiger partial charge is 0.383 e. The summed E-state index contributed by atoms with van der Waals surface area (Å²) < 4.78 is 5.07. The number of pyridine rings is 1. The molecule has 0 saturated carbocycles. The Morgan fingerprint density at radius 3 is 2.93 bits per heavy atom. The number of methoxy groups -OCH3 is 1. The van der Waals surface area contributed by atoms with Crippen LogP contribution in [0.25, 0.3) is 0 Å². The van der Waals surface area contributed by atoms with E-state index in [4.69, 9.17) is 16.3 Å². The lowest BCUT2D eigenvalue weighted by molar-refractivity contribution is 0.205. The van der Waals surface area contributed by atoms with Gasteiger partial charge in [-0.25, -0.2) is 0 Å². The fourth-order valence-electron chi connectivity index (χ4n) is 1.41. The molecule has 1 aromatic heterocycles. The van der Waals surface area contributed by atoms with Crippen LogP contribution in [-0.2, 0) is 10.6 Å². The molecule has 0 atom stereocenters. The predicted molar refractivity (Wildman–Crippen MR) is 63.6 cm³/mol. The van der Waals surface area contributed by atoms with Crippen molar-refractivity contribution in [2.45, 2.75) is 12.8 Å². The van der Waals surface area contributed by atoms with Gasteiger partial charge in [0, 0.05) is 32.1 Å². The molecular weight excluding hydrogens is 212 g/mol. The Balaban J connectivity index is 2.72. The third-order valence-corrected chi connectivity index (χ3v) is 2.52. The first-order chi connectivity index (χ1) is 7.31. The minimum atomic E-state index is 0.454. The number of rotatable bonds is 6. The quantitative estimate of drug-likeness (QED) is 0.699. The Morgan fingerprint density at radius 1 is 1.53 bits per heavy atom. The molecule has 15 heavy (non-hydrogen) atoms. The lowest BCUT2D eigenvalue weighted by Crippen LogP contribution is -2.26. The van der Waals surface area contributed by atoms with Gasteiger partial charge in [0.15, 0.2) is 0 Å². The highest BCUT2D eigenvalue weighted by Gasteiger charge is 2.04. The Morgan fingerprint density at radius 2 is 2.33 bits per heavy atom. The average Bonchev–Trinajstić information content (AvgIpc) is 2.30. The number of nitrogens with zero attached hydrogens (tertiary/aromatic N) is 2. The number of alkyl halides is 1. The third-order valence-electron chi connectivity index (χ3n) is 2.25. The number of hydrogen-bond donors (Lipinski definition) is 0. The molecule has 0 bridgehead atoms. The van der Waals surface area contributed by atoms with Gasteiger partial charge in [-0.2, -0.15) is 0 Å². The molecule has 1 heterocycles. The topological polar surface area (TPSA) is 25.4 Å². The van der Waals surface area contributed by atoms with E-state index in [1.54, 1.807) is 13.3 Å². The Hall–Kier alpha value is -0.800. The van der Waals surface area contributed by atoms with E-state index >= 15 is 0 Å². The second-order valence-corrected chi connectivity index (χ2v) is 3.48. The monoisotopic (exact) mass is 228 g/mol. The van der Waals surface area contributed by atoms with Crippen molar-refractivity contribution < 1.29 is 4.74 Å². The lowest BCUT2D eigenvalue weighted by Gasteiger charge is -2.22. The van der Waals surface area contributed by atoms with Crippen LogP contribution in [0.3, 0.4) is 0 Å². The van der Waals surface area contributed by atoms with Crippen LogP contribution in [0, 0.1) is 0 Å². The molecule has 0 unspecified atom stereocenters. The molecular formula is C11H17ClN2O. The van der Waals surface area contributed by atoms with E-state index in [2.05, 4.69) is 16.8 Å². The second kappa shape index (κ2) is 6.64. The first-order valence-corrected chi connectivity index (χ1v) is 5.60. The molecule has 0 aliphatic heterocycles. The molecule has 0 aliphatic rings. The van der Waals surface area contributed by atoms with Crippen molar-refractivity contribution in [2.24, 2.45) is 0 Å². The molecule has 0 aromatic carbocycles. The molecule has 1 rings (SSSR count). The normalized spacial score (nSPS) is 10.3. The maximum atomic E-state index is 5.75. The number of hydrogen-bond acceptors (Lipinski definition) is 3. The van der Waals surface area contributed by atoms with Crippen molar-refractivity contribution >= 4 is 17.3 Å². The SMILES string of the molecule is CCN(CCOC)c1ccnc(CCl)c1. The van der Waals surface area contributed by atoms with Crippen molar-refractivity contribution in [3.05, 3.63) is 24.0 Å². The van der Waals surface area contributed by atoms with Crippen molar-refractivity contribution in [1.29, 1.82) is 0 Å². The number of likely N-dealkylation sites (N-methyl/N-ethyl adjacent to an activating group) is 1. The second-order valence-electron chi connectivity index (χ2n) is 3.21. The maximum Gasteiger partial charge on any atom is 0.0648 e.